The fourth-order valence-corrected chi connectivity index (χ4v) is 3.44. The minimum Gasteiger partial charge on any atom is -0.491 e. The van der Waals surface area contributed by atoms with Crippen molar-refractivity contribution in [2.75, 3.05) is 5.32 Å². The number of nitrogens with zero attached hydrogens (tertiary/aromatic N) is 2. The average molecular weight is 441 g/mol. The lowest BCUT2D eigenvalue weighted by molar-refractivity contribution is 0.101. The van der Waals surface area contributed by atoms with Crippen molar-refractivity contribution in [1.82, 2.24) is 14.7 Å². The molecule has 1 atom stereocenters. The molecule has 2 heterocycles. The number of benzene rings is 2. The van der Waals surface area contributed by atoms with Gasteiger partial charge in [0.15, 0.2) is 5.82 Å². The highest BCUT2D eigenvalue weighted by atomic mass is 35.5. The van der Waals surface area contributed by atoms with E-state index in [0.717, 1.165) is 23.1 Å². The van der Waals surface area contributed by atoms with Gasteiger partial charge in [0.05, 0.1) is 17.3 Å². The van der Waals surface area contributed by atoms with Crippen molar-refractivity contribution in [3.63, 3.8) is 0 Å². The van der Waals surface area contributed by atoms with Gasteiger partial charge in [-0.3, -0.25) is 14.3 Å². The highest BCUT2D eigenvalue weighted by molar-refractivity contribution is 6.31. The molecule has 4 aromatic rings. The number of ether oxygens (including phenoxy) is 1. The summed E-state index contributed by atoms with van der Waals surface area (Å²) in [6.45, 7) is 4.08. The van der Waals surface area contributed by atoms with Crippen molar-refractivity contribution < 1.29 is 14.1 Å². The van der Waals surface area contributed by atoms with E-state index in [9.17, 15) is 9.59 Å². The Morgan fingerprint density at radius 2 is 2.10 bits per heavy atom. The molecule has 31 heavy (non-hydrogen) atoms. The van der Waals surface area contributed by atoms with Crippen molar-refractivity contribution >= 4 is 34.1 Å². The van der Waals surface area contributed by atoms with Crippen LogP contribution in [-0.2, 0) is 7.05 Å². The zero-order chi connectivity index (χ0) is 22.1. The van der Waals surface area contributed by atoms with Gasteiger partial charge in [-0.1, -0.05) is 23.7 Å². The summed E-state index contributed by atoms with van der Waals surface area (Å²) < 4.78 is 12.3. The number of aromatic amines is 1. The molecule has 2 aromatic heterocycles. The summed E-state index contributed by atoms with van der Waals surface area (Å²) in [5, 5.41) is 7.90. The second kappa shape index (κ2) is 8.31. The molecular formula is C22H21ClN4O4. The standard InChI is InChI=1S/C22H21ClN4O4/c1-4-12(2)30-15-7-5-13-9-19(27(3)18(13)11-15)21(28)24-17-8-6-14(23)10-16(17)20-25-22(29)31-26-20/h5-12H,4H2,1-3H3,(H,24,28)(H,25,26,29). The fourth-order valence-electron chi connectivity index (χ4n) is 3.27. The van der Waals surface area contributed by atoms with Crippen molar-refractivity contribution in [3.05, 3.63) is 63.7 Å². The van der Waals surface area contributed by atoms with Crippen molar-refractivity contribution in [2.45, 2.75) is 26.4 Å². The molecule has 160 valence electrons. The molecule has 0 bridgehead atoms. The quantitative estimate of drug-likeness (QED) is 0.456. The lowest BCUT2D eigenvalue weighted by atomic mass is 10.1. The zero-order valence-electron chi connectivity index (χ0n) is 17.2. The smallest absolute Gasteiger partial charge is 0.439 e. The zero-order valence-corrected chi connectivity index (χ0v) is 18.0. The number of nitrogens with one attached hydrogen (secondary N) is 2. The van der Waals surface area contributed by atoms with Crippen molar-refractivity contribution in [3.8, 4) is 17.1 Å². The Kier molecular flexibility index (Phi) is 5.56. The summed E-state index contributed by atoms with van der Waals surface area (Å²) in [5.74, 6) is -0.0921. The second-order valence-electron chi connectivity index (χ2n) is 7.23. The number of carbonyl (C=O) groups excluding carboxylic acids is 1. The molecule has 1 unspecified atom stereocenters. The molecule has 2 aromatic carbocycles. The third-order valence-electron chi connectivity index (χ3n) is 5.09. The van der Waals surface area contributed by atoms with Crippen LogP contribution in [0.2, 0.25) is 5.02 Å². The number of fused-ring (bicyclic) bond motifs is 1. The molecule has 1 amide bonds. The first kappa shape index (κ1) is 20.7. The summed E-state index contributed by atoms with van der Waals surface area (Å²) in [4.78, 5) is 26.9. The predicted octanol–water partition coefficient (Wildman–Crippen LogP) is 4.60. The van der Waals surface area contributed by atoms with E-state index in [1.807, 2.05) is 42.8 Å². The summed E-state index contributed by atoms with van der Waals surface area (Å²) in [6, 6.07) is 12.4. The molecule has 0 aliphatic rings. The third kappa shape index (κ3) is 4.20. The molecular weight excluding hydrogens is 420 g/mol. The van der Waals surface area contributed by atoms with E-state index in [1.165, 1.54) is 0 Å². The molecule has 2 N–H and O–H groups in total. The fraction of sp³-hybridized carbons (Fsp3) is 0.227. The van der Waals surface area contributed by atoms with Gasteiger partial charge in [0, 0.05) is 29.1 Å². The average Bonchev–Trinajstić information content (AvgIpc) is 3.32. The highest BCUT2D eigenvalue weighted by Crippen LogP contribution is 2.30. The molecule has 0 radical (unpaired) electrons. The summed E-state index contributed by atoms with van der Waals surface area (Å²) in [7, 11) is 1.82. The van der Waals surface area contributed by atoms with Crippen LogP contribution < -0.4 is 15.8 Å². The number of rotatable bonds is 6. The van der Waals surface area contributed by atoms with Crippen LogP contribution in [-0.4, -0.2) is 26.7 Å². The van der Waals surface area contributed by atoms with Crippen LogP contribution in [0.15, 0.2) is 51.8 Å². The minimum atomic E-state index is -0.698. The maximum Gasteiger partial charge on any atom is 0.439 e. The molecule has 0 fully saturated rings. The van der Waals surface area contributed by atoms with E-state index >= 15 is 0 Å². The number of aromatic nitrogens is 3. The summed E-state index contributed by atoms with van der Waals surface area (Å²) >= 11 is 6.09. The number of hydrogen-bond donors (Lipinski definition) is 2. The van der Waals surface area contributed by atoms with Crippen LogP contribution in [0.5, 0.6) is 5.75 Å². The van der Waals surface area contributed by atoms with Gasteiger partial charge in [-0.2, -0.15) is 0 Å². The van der Waals surface area contributed by atoms with Crippen molar-refractivity contribution in [2.24, 2.45) is 7.05 Å². The second-order valence-corrected chi connectivity index (χ2v) is 7.67. The Hall–Kier alpha value is -3.52. The molecule has 0 saturated carbocycles. The Morgan fingerprint density at radius 1 is 1.29 bits per heavy atom. The van der Waals surface area contributed by atoms with E-state index in [1.54, 1.807) is 18.2 Å². The SMILES string of the molecule is CCC(C)Oc1ccc2cc(C(=O)Nc3ccc(Cl)cc3-c3noc(=O)[nH]3)n(C)c2c1. The van der Waals surface area contributed by atoms with Gasteiger partial charge in [-0.05, 0) is 49.7 Å². The first-order chi connectivity index (χ1) is 14.9. The minimum absolute atomic E-state index is 0.104. The lowest BCUT2D eigenvalue weighted by Crippen LogP contribution is -2.16. The van der Waals surface area contributed by atoms with Gasteiger partial charge < -0.3 is 14.6 Å². The van der Waals surface area contributed by atoms with E-state index in [2.05, 4.69) is 26.9 Å². The third-order valence-corrected chi connectivity index (χ3v) is 5.32. The molecule has 0 aliphatic heterocycles. The number of amides is 1. The van der Waals surface area contributed by atoms with Gasteiger partial charge in [0.2, 0.25) is 0 Å². The molecule has 4 rings (SSSR count). The maximum atomic E-state index is 13.1. The van der Waals surface area contributed by atoms with Crippen LogP contribution in [0, 0.1) is 0 Å². The Labute approximate surface area is 182 Å². The number of hydrogen-bond acceptors (Lipinski definition) is 5. The van der Waals surface area contributed by atoms with Gasteiger partial charge in [-0.15, -0.1) is 0 Å². The molecule has 0 aliphatic carbocycles. The summed E-state index contributed by atoms with van der Waals surface area (Å²) in [6.07, 6.45) is 1.01. The molecule has 0 saturated heterocycles. The topological polar surface area (TPSA) is 102 Å². The normalized spacial score (nSPS) is 12.1. The largest absolute Gasteiger partial charge is 0.491 e. The van der Waals surface area contributed by atoms with Crippen LogP contribution in [0.4, 0.5) is 5.69 Å². The van der Waals surface area contributed by atoms with Crippen LogP contribution >= 0.6 is 11.6 Å². The van der Waals surface area contributed by atoms with E-state index in [0.29, 0.717) is 22.0 Å². The number of carbonyl (C=O) groups is 1. The lowest BCUT2D eigenvalue weighted by Gasteiger charge is -2.13. The van der Waals surface area contributed by atoms with E-state index < -0.39 is 5.76 Å². The maximum absolute atomic E-state index is 13.1. The first-order valence-electron chi connectivity index (χ1n) is 9.79. The van der Waals surface area contributed by atoms with E-state index in [-0.39, 0.29) is 17.8 Å². The van der Waals surface area contributed by atoms with Gasteiger partial charge in [0.1, 0.15) is 11.4 Å². The van der Waals surface area contributed by atoms with Crippen LogP contribution in [0.1, 0.15) is 30.8 Å². The predicted molar refractivity (Wildman–Crippen MR) is 119 cm³/mol. The van der Waals surface area contributed by atoms with Gasteiger partial charge in [-0.25, -0.2) is 4.79 Å². The molecule has 9 heteroatoms. The van der Waals surface area contributed by atoms with E-state index in [4.69, 9.17) is 16.3 Å². The Balaban J connectivity index is 1.66. The number of aryl methyl sites for hydroxylation is 1. The van der Waals surface area contributed by atoms with Crippen molar-refractivity contribution in [1.29, 1.82) is 0 Å². The Morgan fingerprint density at radius 3 is 2.81 bits per heavy atom. The molecule has 8 nitrogen and oxygen atoms in total. The number of halogens is 1. The molecule has 0 spiro atoms. The highest BCUT2D eigenvalue weighted by Gasteiger charge is 2.18. The Bertz CT molecular complexity index is 1320. The van der Waals surface area contributed by atoms with Crippen LogP contribution in [0.25, 0.3) is 22.3 Å². The van der Waals surface area contributed by atoms with Crippen LogP contribution in [0.3, 0.4) is 0 Å². The monoisotopic (exact) mass is 440 g/mol. The summed E-state index contributed by atoms with van der Waals surface area (Å²) in [5.41, 5.74) is 2.22. The first-order valence-corrected chi connectivity index (χ1v) is 10.2. The van der Waals surface area contributed by atoms with Gasteiger partial charge >= 0.3 is 5.76 Å². The number of H-pyrrole nitrogens is 1. The van der Waals surface area contributed by atoms with Gasteiger partial charge in [0.25, 0.3) is 5.91 Å². The number of anilines is 1.